The highest BCUT2D eigenvalue weighted by atomic mass is 79.9. The van der Waals surface area contributed by atoms with Gasteiger partial charge in [0, 0.05) is 15.6 Å². The zero-order valence-corrected chi connectivity index (χ0v) is 12.1. The summed E-state index contributed by atoms with van der Waals surface area (Å²) in [5, 5.41) is 0.622. The van der Waals surface area contributed by atoms with Gasteiger partial charge in [-0.05, 0) is 40.2 Å². The van der Waals surface area contributed by atoms with Crippen LogP contribution in [0, 0.1) is 0 Å². The number of hydrogen-bond acceptors (Lipinski definition) is 2. The van der Waals surface area contributed by atoms with Gasteiger partial charge in [0.15, 0.2) is 4.73 Å². The number of benzene rings is 1. The van der Waals surface area contributed by atoms with E-state index < -0.39 is 11.9 Å². The first-order valence-corrected chi connectivity index (χ1v) is 6.39. The van der Waals surface area contributed by atoms with Crippen LogP contribution in [0.15, 0.2) is 29.0 Å². The Morgan fingerprint density at radius 3 is 2.05 bits per heavy atom. The number of rotatable bonds is 1. The molecule has 0 aliphatic rings. The fourth-order valence-electron chi connectivity index (χ4n) is 1.41. The van der Waals surface area contributed by atoms with Crippen LogP contribution < -0.4 is 0 Å². The summed E-state index contributed by atoms with van der Waals surface area (Å²) < 4.78 is 37.8. The summed E-state index contributed by atoms with van der Waals surface area (Å²) in [5.41, 5.74) is -0.579. The average molecular weight is 372 g/mol. The van der Waals surface area contributed by atoms with E-state index in [1.54, 1.807) is 0 Å². The van der Waals surface area contributed by atoms with E-state index >= 15 is 0 Å². The third kappa shape index (κ3) is 3.58. The molecule has 100 valence electrons. The van der Waals surface area contributed by atoms with Crippen molar-refractivity contribution in [3.05, 3.63) is 44.7 Å². The lowest BCUT2D eigenvalue weighted by molar-refractivity contribution is -0.141. The maximum Gasteiger partial charge on any atom is 0.433 e. The summed E-state index contributed by atoms with van der Waals surface area (Å²) in [6.45, 7) is 0. The van der Waals surface area contributed by atoms with E-state index in [1.807, 2.05) is 0 Å². The first-order valence-electron chi connectivity index (χ1n) is 4.84. The van der Waals surface area contributed by atoms with Crippen LogP contribution in [-0.4, -0.2) is 9.97 Å². The third-order valence-electron chi connectivity index (χ3n) is 2.15. The highest BCUT2D eigenvalue weighted by Gasteiger charge is 2.33. The minimum Gasteiger partial charge on any atom is -0.222 e. The van der Waals surface area contributed by atoms with E-state index in [4.69, 9.17) is 23.2 Å². The Morgan fingerprint density at radius 1 is 0.947 bits per heavy atom. The molecule has 19 heavy (non-hydrogen) atoms. The molecule has 0 bridgehead atoms. The van der Waals surface area contributed by atoms with E-state index in [0.717, 1.165) is 6.07 Å². The quantitative estimate of drug-likeness (QED) is 0.641. The SMILES string of the molecule is FC(F)(F)c1cc(-c2cc(Cl)cc(Cl)c2)nc(Br)n1. The molecule has 0 N–H and O–H groups in total. The van der Waals surface area contributed by atoms with Gasteiger partial charge in [-0.2, -0.15) is 13.2 Å². The lowest BCUT2D eigenvalue weighted by Crippen LogP contribution is -2.09. The smallest absolute Gasteiger partial charge is 0.222 e. The van der Waals surface area contributed by atoms with Gasteiger partial charge < -0.3 is 0 Å². The second kappa shape index (κ2) is 5.26. The second-order valence-electron chi connectivity index (χ2n) is 3.56. The first-order chi connectivity index (χ1) is 8.75. The zero-order chi connectivity index (χ0) is 14.2. The molecule has 0 fully saturated rings. The maximum atomic E-state index is 12.7. The molecule has 0 saturated carbocycles. The molecule has 0 amide bonds. The normalized spacial score (nSPS) is 11.7. The van der Waals surface area contributed by atoms with Crippen molar-refractivity contribution in [1.82, 2.24) is 9.97 Å². The van der Waals surface area contributed by atoms with Crippen LogP contribution in [0.4, 0.5) is 13.2 Å². The molecule has 2 nitrogen and oxygen atoms in total. The fourth-order valence-corrected chi connectivity index (χ4v) is 2.32. The molecule has 0 unspecified atom stereocenters. The number of hydrogen-bond donors (Lipinski definition) is 0. The molecule has 1 heterocycles. The minimum absolute atomic E-state index is 0.0820. The van der Waals surface area contributed by atoms with E-state index in [-0.39, 0.29) is 10.4 Å². The highest BCUT2D eigenvalue weighted by Crippen LogP contribution is 2.32. The summed E-state index contributed by atoms with van der Waals surface area (Å²) in [4.78, 5) is 7.18. The summed E-state index contributed by atoms with van der Waals surface area (Å²) in [6, 6.07) is 5.27. The van der Waals surface area contributed by atoms with Crippen LogP contribution in [-0.2, 0) is 6.18 Å². The molecule has 2 aromatic rings. The van der Waals surface area contributed by atoms with Crippen LogP contribution >= 0.6 is 39.1 Å². The molecule has 0 atom stereocenters. The Bertz CT molecular complexity index is 612. The van der Waals surface area contributed by atoms with Crippen molar-refractivity contribution in [3.63, 3.8) is 0 Å². The van der Waals surface area contributed by atoms with Gasteiger partial charge in [-0.3, -0.25) is 0 Å². The van der Waals surface area contributed by atoms with Crippen molar-refractivity contribution < 1.29 is 13.2 Å². The molecule has 0 saturated heterocycles. The molecule has 0 spiro atoms. The van der Waals surface area contributed by atoms with Crippen LogP contribution in [0.2, 0.25) is 10.0 Å². The Balaban J connectivity index is 2.59. The topological polar surface area (TPSA) is 25.8 Å². The largest absolute Gasteiger partial charge is 0.433 e. The average Bonchev–Trinajstić information content (AvgIpc) is 2.25. The Morgan fingerprint density at radius 2 is 1.53 bits per heavy atom. The van der Waals surface area contributed by atoms with Gasteiger partial charge in [0.1, 0.15) is 5.69 Å². The van der Waals surface area contributed by atoms with Crippen LogP contribution in [0.5, 0.6) is 0 Å². The van der Waals surface area contributed by atoms with Crippen molar-refractivity contribution in [1.29, 1.82) is 0 Å². The monoisotopic (exact) mass is 370 g/mol. The van der Waals surface area contributed by atoms with Crippen molar-refractivity contribution in [2.75, 3.05) is 0 Å². The number of halogens is 6. The second-order valence-corrected chi connectivity index (χ2v) is 5.15. The number of aromatic nitrogens is 2. The van der Waals surface area contributed by atoms with Crippen molar-refractivity contribution in [2.45, 2.75) is 6.18 Å². The Hall–Kier alpha value is -0.850. The maximum absolute atomic E-state index is 12.7. The standard InChI is InChI=1S/C11H4BrCl2F3N2/c12-10-18-8(4-9(19-10)11(15,16)17)5-1-6(13)3-7(14)2-5/h1-4H. The Kier molecular flexibility index (Phi) is 4.03. The lowest BCUT2D eigenvalue weighted by atomic mass is 10.1. The number of alkyl halides is 3. The number of nitrogens with zero attached hydrogens (tertiary/aromatic N) is 2. The first kappa shape index (κ1) is 14.6. The molecule has 1 aromatic heterocycles. The molecule has 0 radical (unpaired) electrons. The van der Waals surface area contributed by atoms with E-state index in [2.05, 4.69) is 25.9 Å². The molecule has 0 aliphatic heterocycles. The lowest BCUT2D eigenvalue weighted by Gasteiger charge is -2.09. The molecule has 8 heteroatoms. The minimum atomic E-state index is -4.55. The summed E-state index contributed by atoms with van der Waals surface area (Å²) in [7, 11) is 0. The van der Waals surface area contributed by atoms with Gasteiger partial charge in [0.05, 0.1) is 5.69 Å². The zero-order valence-electron chi connectivity index (χ0n) is 8.97. The van der Waals surface area contributed by atoms with E-state index in [1.165, 1.54) is 18.2 Å². The van der Waals surface area contributed by atoms with Gasteiger partial charge >= 0.3 is 6.18 Å². The van der Waals surface area contributed by atoms with Gasteiger partial charge in [0.2, 0.25) is 0 Å². The van der Waals surface area contributed by atoms with E-state index in [0.29, 0.717) is 15.6 Å². The van der Waals surface area contributed by atoms with Crippen LogP contribution in [0.25, 0.3) is 11.3 Å². The van der Waals surface area contributed by atoms with Gasteiger partial charge in [0.25, 0.3) is 0 Å². The predicted octanol–water partition coefficient (Wildman–Crippen LogP) is 5.23. The molecule has 1 aromatic carbocycles. The van der Waals surface area contributed by atoms with Gasteiger partial charge in [-0.15, -0.1) is 0 Å². The highest BCUT2D eigenvalue weighted by molar-refractivity contribution is 9.10. The van der Waals surface area contributed by atoms with Crippen LogP contribution in [0.3, 0.4) is 0 Å². The van der Waals surface area contributed by atoms with Gasteiger partial charge in [-0.25, -0.2) is 9.97 Å². The Labute approximate surface area is 124 Å². The molecule has 2 rings (SSSR count). The molecule has 0 aliphatic carbocycles. The summed E-state index contributed by atoms with van der Waals surface area (Å²) >= 11 is 14.5. The van der Waals surface area contributed by atoms with Crippen molar-refractivity contribution in [2.24, 2.45) is 0 Å². The van der Waals surface area contributed by atoms with Crippen molar-refractivity contribution >= 4 is 39.1 Å². The van der Waals surface area contributed by atoms with Crippen LogP contribution in [0.1, 0.15) is 5.69 Å². The summed E-state index contributed by atoms with van der Waals surface area (Å²) in [6.07, 6.45) is -4.55. The van der Waals surface area contributed by atoms with E-state index in [9.17, 15) is 13.2 Å². The molecular formula is C11H4BrCl2F3N2. The van der Waals surface area contributed by atoms with Gasteiger partial charge in [-0.1, -0.05) is 23.2 Å². The predicted molar refractivity (Wildman–Crippen MR) is 70.2 cm³/mol. The summed E-state index contributed by atoms with van der Waals surface area (Å²) in [5.74, 6) is 0. The fraction of sp³-hybridized carbons (Fsp3) is 0.0909. The third-order valence-corrected chi connectivity index (χ3v) is 2.94. The molecular weight excluding hydrogens is 368 g/mol. The van der Waals surface area contributed by atoms with Crippen molar-refractivity contribution in [3.8, 4) is 11.3 Å².